The Morgan fingerprint density at radius 1 is 1.10 bits per heavy atom. The largest absolute Gasteiger partial charge is 0.465 e. The fourth-order valence-electron chi connectivity index (χ4n) is 4.40. The van der Waals surface area contributed by atoms with Crippen LogP contribution < -0.4 is 5.32 Å². The molecular formula is C25H23N3O3. The van der Waals surface area contributed by atoms with Gasteiger partial charge >= 0.3 is 0 Å². The van der Waals surface area contributed by atoms with Crippen molar-refractivity contribution in [1.82, 2.24) is 15.2 Å². The lowest BCUT2D eigenvalue weighted by atomic mass is 9.97. The van der Waals surface area contributed by atoms with Crippen molar-refractivity contribution in [3.05, 3.63) is 95.1 Å². The van der Waals surface area contributed by atoms with E-state index < -0.39 is 6.04 Å². The zero-order valence-electron chi connectivity index (χ0n) is 17.4. The molecule has 2 N–H and O–H groups in total. The molecule has 6 heteroatoms. The van der Waals surface area contributed by atoms with Gasteiger partial charge in [-0.2, -0.15) is 0 Å². The summed E-state index contributed by atoms with van der Waals surface area (Å²) < 4.78 is 5.54. The number of carbonyl (C=O) groups is 2. The van der Waals surface area contributed by atoms with E-state index in [0.717, 1.165) is 27.8 Å². The number of aryl methyl sites for hydroxylation is 1. The number of aromatic nitrogens is 1. The van der Waals surface area contributed by atoms with E-state index in [4.69, 9.17) is 4.42 Å². The van der Waals surface area contributed by atoms with Crippen LogP contribution >= 0.6 is 0 Å². The van der Waals surface area contributed by atoms with Gasteiger partial charge in [0, 0.05) is 28.2 Å². The average Bonchev–Trinajstić information content (AvgIpc) is 3.47. The third-order valence-electron chi connectivity index (χ3n) is 5.94. The summed E-state index contributed by atoms with van der Waals surface area (Å²) in [6, 6.07) is 18.3. The van der Waals surface area contributed by atoms with Crippen molar-refractivity contribution in [1.29, 1.82) is 0 Å². The Labute approximate surface area is 179 Å². The fourth-order valence-corrected chi connectivity index (χ4v) is 4.40. The lowest BCUT2D eigenvalue weighted by molar-refractivity contribution is -0.125. The summed E-state index contributed by atoms with van der Waals surface area (Å²) in [6.07, 6.45) is 1.94. The van der Waals surface area contributed by atoms with Gasteiger partial charge in [0.05, 0.1) is 12.6 Å². The Morgan fingerprint density at radius 2 is 1.87 bits per heavy atom. The molecule has 1 aliphatic heterocycles. The highest BCUT2D eigenvalue weighted by atomic mass is 16.3. The maximum absolute atomic E-state index is 13.4. The number of hydrogen-bond acceptors (Lipinski definition) is 3. The number of rotatable bonds is 5. The minimum atomic E-state index is -0.658. The van der Waals surface area contributed by atoms with Crippen LogP contribution in [0, 0.1) is 6.92 Å². The number of fused-ring (bicyclic) bond motifs is 2. The van der Waals surface area contributed by atoms with Gasteiger partial charge in [0.15, 0.2) is 0 Å². The number of aromatic amines is 1. The Morgan fingerprint density at radius 3 is 2.68 bits per heavy atom. The molecule has 2 aromatic carbocycles. The second-order valence-corrected chi connectivity index (χ2v) is 7.90. The summed E-state index contributed by atoms with van der Waals surface area (Å²) in [4.78, 5) is 31.4. The molecule has 31 heavy (non-hydrogen) atoms. The summed E-state index contributed by atoms with van der Waals surface area (Å²) >= 11 is 0. The summed E-state index contributed by atoms with van der Waals surface area (Å²) in [5, 5.41) is 3.95. The molecule has 3 heterocycles. The van der Waals surface area contributed by atoms with Crippen LogP contribution in [0.15, 0.2) is 71.3 Å². The van der Waals surface area contributed by atoms with Crippen LogP contribution in [0.4, 0.5) is 0 Å². The van der Waals surface area contributed by atoms with Crippen molar-refractivity contribution in [2.45, 2.75) is 32.5 Å². The van der Waals surface area contributed by atoms with E-state index in [9.17, 15) is 9.59 Å². The van der Waals surface area contributed by atoms with E-state index in [1.807, 2.05) is 73.8 Å². The van der Waals surface area contributed by atoms with E-state index in [0.29, 0.717) is 11.3 Å². The van der Waals surface area contributed by atoms with Gasteiger partial charge in [0.2, 0.25) is 5.91 Å². The molecule has 6 nitrogen and oxygen atoms in total. The SMILES string of the molecule is Cc1ccc(CNC(=O)C(C)N2C(=O)c3ccccc3C2c2c[nH]c3ccccc23)o1. The first-order chi connectivity index (χ1) is 15.0. The minimum absolute atomic E-state index is 0.137. The summed E-state index contributed by atoms with van der Waals surface area (Å²) in [7, 11) is 0. The van der Waals surface area contributed by atoms with Gasteiger partial charge in [-0.05, 0) is 43.7 Å². The number of nitrogens with one attached hydrogen (secondary N) is 2. The van der Waals surface area contributed by atoms with Crippen LogP contribution in [-0.2, 0) is 11.3 Å². The van der Waals surface area contributed by atoms with Gasteiger partial charge in [-0.1, -0.05) is 36.4 Å². The Bertz CT molecular complexity index is 1290. The second-order valence-electron chi connectivity index (χ2n) is 7.90. The first-order valence-electron chi connectivity index (χ1n) is 10.3. The molecule has 2 aromatic heterocycles. The molecule has 156 valence electrons. The van der Waals surface area contributed by atoms with Gasteiger partial charge < -0.3 is 19.6 Å². The van der Waals surface area contributed by atoms with Gasteiger partial charge in [0.25, 0.3) is 5.91 Å². The number of carbonyl (C=O) groups excluding carboxylic acids is 2. The normalized spacial score (nSPS) is 16.5. The number of para-hydroxylation sites is 1. The highest BCUT2D eigenvalue weighted by Crippen LogP contribution is 2.42. The number of benzene rings is 2. The number of hydrogen-bond donors (Lipinski definition) is 2. The van der Waals surface area contributed by atoms with Crippen LogP contribution in [0.25, 0.3) is 10.9 Å². The molecule has 0 fully saturated rings. The quantitative estimate of drug-likeness (QED) is 0.511. The van der Waals surface area contributed by atoms with Crippen LogP contribution in [0.2, 0.25) is 0 Å². The second kappa shape index (κ2) is 7.47. The third-order valence-corrected chi connectivity index (χ3v) is 5.94. The van der Waals surface area contributed by atoms with E-state index in [-0.39, 0.29) is 24.4 Å². The van der Waals surface area contributed by atoms with Gasteiger partial charge in [0.1, 0.15) is 17.6 Å². The monoisotopic (exact) mass is 413 g/mol. The number of amides is 2. The molecule has 2 amide bonds. The standard InChI is InChI=1S/C25H23N3O3/c1-15-11-12-17(31-15)13-27-24(29)16(2)28-23(19-8-3-4-9-20(19)25(28)30)21-14-26-22-10-6-5-7-18(21)22/h3-12,14,16,23,26H,13H2,1-2H3,(H,27,29). The van der Waals surface area contributed by atoms with Crippen molar-refractivity contribution in [2.75, 3.05) is 0 Å². The van der Waals surface area contributed by atoms with Crippen LogP contribution in [0.3, 0.4) is 0 Å². The van der Waals surface area contributed by atoms with Crippen molar-refractivity contribution in [3.63, 3.8) is 0 Å². The van der Waals surface area contributed by atoms with E-state index in [1.54, 1.807) is 11.8 Å². The summed E-state index contributed by atoms with van der Waals surface area (Å²) in [5.74, 6) is 1.12. The van der Waals surface area contributed by atoms with Crippen LogP contribution in [-0.4, -0.2) is 27.7 Å². The Kier molecular flexibility index (Phi) is 4.62. The molecular weight excluding hydrogens is 390 g/mol. The number of furan rings is 1. The minimum Gasteiger partial charge on any atom is -0.465 e. The predicted molar refractivity (Wildman–Crippen MR) is 118 cm³/mol. The zero-order chi connectivity index (χ0) is 21.5. The lowest BCUT2D eigenvalue weighted by Gasteiger charge is -2.30. The van der Waals surface area contributed by atoms with Crippen molar-refractivity contribution in [3.8, 4) is 0 Å². The van der Waals surface area contributed by atoms with Crippen molar-refractivity contribution < 1.29 is 14.0 Å². The smallest absolute Gasteiger partial charge is 0.255 e. The van der Waals surface area contributed by atoms with Gasteiger partial charge in [-0.15, -0.1) is 0 Å². The first kappa shape index (κ1) is 19.2. The molecule has 2 unspecified atom stereocenters. The van der Waals surface area contributed by atoms with E-state index in [2.05, 4.69) is 10.3 Å². The number of nitrogens with zero attached hydrogens (tertiary/aromatic N) is 1. The maximum Gasteiger partial charge on any atom is 0.255 e. The van der Waals surface area contributed by atoms with Crippen molar-refractivity contribution >= 4 is 22.7 Å². The fraction of sp³-hybridized carbons (Fsp3) is 0.200. The van der Waals surface area contributed by atoms with Crippen LogP contribution in [0.5, 0.6) is 0 Å². The first-order valence-corrected chi connectivity index (χ1v) is 10.3. The molecule has 0 radical (unpaired) electrons. The Balaban J connectivity index is 1.50. The molecule has 0 spiro atoms. The molecule has 4 aromatic rings. The molecule has 5 rings (SSSR count). The van der Waals surface area contributed by atoms with Crippen molar-refractivity contribution in [2.24, 2.45) is 0 Å². The molecule has 0 aliphatic carbocycles. The zero-order valence-corrected chi connectivity index (χ0v) is 17.4. The topological polar surface area (TPSA) is 78.3 Å². The van der Waals surface area contributed by atoms with E-state index >= 15 is 0 Å². The van der Waals surface area contributed by atoms with Gasteiger partial charge in [-0.3, -0.25) is 9.59 Å². The highest BCUT2D eigenvalue weighted by molar-refractivity contribution is 6.03. The van der Waals surface area contributed by atoms with E-state index in [1.165, 1.54) is 0 Å². The predicted octanol–water partition coefficient (Wildman–Crippen LogP) is 4.32. The Hall–Kier alpha value is -3.80. The third kappa shape index (κ3) is 3.20. The number of H-pyrrole nitrogens is 1. The summed E-state index contributed by atoms with van der Waals surface area (Å²) in [5.41, 5.74) is 3.53. The lowest BCUT2D eigenvalue weighted by Crippen LogP contribution is -2.46. The summed E-state index contributed by atoms with van der Waals surface area (Å²) in [6.45, 7) is 3.91. The maximum atomic E-state index is 13.4. The molecule has 2 atom stereocenters. The molecule has 0 saturated carbocycles. The average molecular weight is 413 g/mol. The molecule has 0 bridgehead atoms. The molecule has 1 aliphatic rings. The van der Waals surface area contributed by atoms with Crippen LogP contribution in [0.1, 0.15) is 46.0 Å². The van der Waals surface area contributed by atoms with Gasteiger partial charge in [-0.25, -0.2) is 0 Å². The molecule has 0 saturated heterocycles. The highest BCUT2D eigenvalue weighted by Gasteiger charge is 2.42.